The minimum absolute atomic E-state index is 0.245. The highest BCUT2D eigenvalue weighted by Crippen LogP contribution is 2.38. The third-order valence-corrected chi connectivity index (χ3v) is 6.57. The van der Waals surface area contributed by atoms with Crippen molar-refractivity contribution in [3.05, 3.63) is 48.8 Å². The van der Waals surface area contributed by atoms with Crippen LogP contribution in [-0.4, -0.2) is 48.6 Å². The number of ether oxygens (including phenoxy) is 1. The zero-order valence-electron chi connectivity index (χ0n) is 15.4. The Balaban J connectivity index is 1.30. The van der Waals surface area contributed by atoms with E-state index in [9.17, 15) is 0 Å². The SMILES string of the molecule is COc1ccc(-c2nnc(SC[C@H]3CSc4nnc(-c5ccncc5)n43)o2)cc1. The molecule has 8 nitrogen and oxygen atoms in total. The van der Waals surface area contributed by atoms with Crippen LogP contribution in [0.2, 0.25) is 0 Å². The van der Waals surface area contributed by atoms with Crippen molar-refractivity contribution in [2.45, 2.75) is 16.4 Å². The van der Waals surface area contributed by atoms with E-state index in [1.54, 1.807) is 43.0 Å². The average Bonchev–Trinajstić information content (AvgIpc) is 3.50. The Bertz CT molecular complexity index is 1110. The quantitative estimate of drug-likeness (QED) is 0.428. The fourth-order valence-electron chi connectivity index (χ4n) is 3.06. The van der Waals surface area contributed by atoms with E-state index in [4.69, 9.17) is 9.15 Å². The van der Waals surface area contributed by atoms with Crippen molar-refractivity contribution in [1.82, 2.24) is 29.9 Å². The molecule has 4 aromatic rings. The molecule has 29 heavy (non-hydrogen) atoms. The standard InChI is InChI=1S/C19H16N6O2S2/c1-26-15-4-2-13(3-5-15)17-22-24-19(27-17)29-11-14-10-28-18-23-21-16(25(14)18)12-6-8-20-9-7-12/h2-9,14H,10-11H2,1H3/t14-/m1/s1. The molecule has 0 saturated heterocycles. The van der Waals surface area contributed by atoms with Crippen LogP contribution in [0.1, 0.15) is 6.04 Å². The summed E-state index contributed by atoms with van der Waals surface area (Å²) in [5.41, 5.74) is 1.87. The van der Waals surface area contributed by atoms with Crippen molar-refractivity contribution in [2.75, 3.05) is 18.6 Å². The summed E-state index contributed by atoms with van der Waals surface area (Å²) >= 11 is 3.26. The van der Waals surface area contributed by atoms with Gasteiger partial charge in [-0.2, -0.15) is 0 Å². The van der Waals surface area contributed by atoms with Gasteiger partial charge in [0.2, 0.25) is 5.89 Å². The van der Waals surface area contributed by atoms with Gasteiger partial charge in [-0.3, -0.25) is 9.55 Å². The number of aromatic nitrogens is 6. The largest absolute Gasteiger partial charge is 0.497 e. The molecule has 0 bridgehead atoms. The van der Waals surface area contributed by atoms with Crippen molar-refractivity contribution < 1.29 is 9.15 Å². The molecule has 3 aromatic heterocycles. The summed E-state index contributed by atoms with van der Waals surface area (Å²) in [7, 11) is 1.64. The van der Waals surface area contributed by atoms with Crippen molar-refractivity contribution in [3.63, 3.8) is 0 Å². The highest BCUT2D eigenvalue weighted by molar-refractivity contribution is 8.00. The minimum Gasteiger partial charge on any atom is -0.497 e. The molecular formula is C19H16N6O2S2. The number of pyridine rings is 1. The summed E-state index contributed by atoms with van der Waals surface area (Å²) in [6, 6.07) is 11.7. The molecule has 1 atom stereocenters. The predicted octanol–water partition coefficient (Wildman–Crippen LogP) is 3.84. The summed E-state index contributed by atoms with van der Waals surface area (Å²) in [4.78, 5) is 4.08. The monoisotopic (exact) mass is 424 g/mol. The molecule has 5 rings (SSSR count). The van der Waals surface area contributed by atoms with Gasteiger partial charge in [-0.25, -0.2) is 0 Å². The molecule has 0 aliphatic carbocycles. The summed E-state index contributed by atoms with van der Waals surface area (Å²) in [6.07, 6.45) is 3.53. The number of hydrogen-bond donors (Lipinski definition) is 0. The second-order valence-corrected chi connectivity index (χ2v) is 8.25. The van der Waals surface area contributed by atoms with Gasteiger partial charge in [0, 0.05) is 35.0 Å². The van der Waals surface area contributed by atoms with E-state index in [2.05, 4.69) is 29.9 Å². The maximum atomic E-state index is 5.83. The van der Waals surface area contributed by atoms with E-state index in [1.807, 2.05) is 36.4 Å². The smallest absolute Gasteiger partial charge is 0.276 e. The van der Waals surface area contributed by atoms with Gasteiger partial charge in [-0.05, 0) is 36.4 Å². The Morgan fingerprint density at radius 2 is 1.90 bits per heavy atom. The van der Waals surface area contributed by atoms with Gasteiger partial charge in [-0.1, -0.05) is 23.5 Å². The highest BCUT2D eigenvalue weighted by atomic mass is 32.2. The zero-order valence-corrected chi connectivity index (χ0v) is 17.1. The molecule has 4 heterocycles. The first-order chi connectivity index (χ1) is 14.3. The third kappa shape index (κ3) is 3.60. The number of benzene rings is 1. The van der Waals surface area contributed by atoms with E-state index in [-0.39, 0.29) is 6.04 Å². The van der Waals surface area contributed by atoms with Crippen LogP contribution in [0.15, 0.2) is 63.6 Å². The molecule has 10 heteroatoms. The number of nitrogens with zero attached hydrogens (tertiary/aromatic N) is 6. The van der Waals surface area contributed by atoms with E-state index in [0.29, 0.717) is 11.1 Å². The van der Waals surface area contributed by atoms with Crippen molar-refractivity contribution in [3.8, 4) is 28.6 Å². The fraction of sp³-hybridized carbons (Fsp3) is 0.211. The maximum Gasteiger partial charge on any atom is 0.276 e. The number of thioether (sulfide) groups is 2. The van der Waals surface area contributed by atoms with Crippen LogP contribution in [0, 0.1) is 0 Å². The van der Waals surface area contributed by atoms with Gasteiger partial charge >= 0.3 is 0 Å². The van der Waals surface area contributed by atoms with Gasteiger partial charge in [0.1, 0.15) is 5.75 Å². The molecule has 0 saturated carbocycles. The van der Waals surface area contributed by atoms with Crippen LogP contribution in [0.4, 0.5) is 0 Å². The lowest BCUT2D eigenvalue weighted by Gasteiger charge is -2.12. The van der Waals surface area contributed by atoms with Crippen LogP contribution in [0.3, 0.4) is 0 Å². The molecule has 0 N–H and O–H groups in total. The predicted molar refractivity (Wildman–Crippen MR) is 110 cm³/mol. The summed E-state index contributed by atoms with van der Waals surface area (Å²) in [5, 5.41) is 18.5. The second-order valence-electron chi connectivity index (χ2n) is 6.29. The maximum absolute atomic E-state index is 5.83. The second kappa shape index (κ2) is 7.88. The minimum atomic E-state index is 0.245. The number of rotatable bonds is 6. The molecule has 0 amide bonds. The Morgan fingerprint density at radius 3 is 2.69 bits per heavy atom. The van der Waals surface area contributed by atoms with Crippen LogP contribution >= 0.6 is 23.5 Å². The van der Waals surface area contributed by atoms with E-state index < -0.39 is 0 Å². The Hall–Kier alpha value is -2.85. The molecule has 0 spiro atoms. The molecular weight excluding hydrogens is 408 g/mol. The summed E-state index contributed by atoms with van der Waals surface area (Å²) in [5.74, 6) is 3.88. The Morgan fingerprint density at radius 1 is 1.07 bits per heavy atom. The molecule has 1 aromatic carbocycles. The van der Waals surface area contributed by atoms with Crippen LogP contribution in [0.5, 0.6) is 5.75 Å². The first-order valence-corrected chi connectivity index (χ1v) is 10.9. The van der Waals surface area contributed by atoms with Gasteiger partial charge in [0.15, 0.2) is 11.0 Å². The number of methoxy groups -OCH3 is 1. The number of fused-ring (bicyclic) bond motifs is 1. The van der Waals surface area contributed by atoms with Gasteiger partial charge in [-0.15, -0.1) is 20.4 Å². The van der Waals surface area contributed by atoms with E-state index in [0.717, 1.165) is 39.4 Å². The van der Waals surface area contributed by atoms with Crippen LogP contribution in [-0.2, 0) is 0 Å². The van der Waals surface area contributed by atoms with Gasteiger partial charge < -0.3 is 9.15 Å². The first kappa shape index (κ1) is 18.2. The van der Waals surface area contributed by atoms with Crippen LogP contribution in [0.25, 0.3) is 22.8 Å². The van der Waals surface area contributed by atoms with Crippen molar-refractivity contribution >= 4 is 23.5 Å². The normalized spacial score (nSPS) is 15.4. The molecule has 0 fully saturated rings. The van der Waals surface area contributed by atoms with Gasteiger partial charge in [0.05, 0.1) is 13.2 Å². The zero-order chi connectivity index (χ0) is 19.6. The fourth-order valence-corrected chi connectivity index (χ4v) is 5.13. The Kier molecular flexibility index (Phi) is 4.94. The molecule has 0 radical (unpaired) electrons. The lowest BCUT2D eigenvalue weighted by atomic mass is 10.2. The summed E-state index contributed by atoms with van der Waals surface area (Å²) < 4.78 is 13.2. The molecule has 146 valence electrons. The molecule has 1 aliphatic rings. The lowest BCUT2D eigenvalue weighted by Crippen LogP contribution is -2.11. The van der Waals surface area contributed by atoms with Crippen molar-refractivity contribution in [2.24, 2.45) is 0 Å². The average molecular weight is 425 g/mol. The lowest BCUT2D eigenvalue weighted by molar-refractivity contribution is 0.414. The molecule has 1 aliphatic heterocycles. The van der Waals surface area contributed by atoms with E-state index >= 15 is 0 Å². The third-order valence-electron chi connectivity index (χ3n) is 4.52. The molecule has 0 unspecified atom stereocenters. The van der Waals surface area contributed by atoms with Crippen molar-refractivity contribution in [1.29, 1.82) is 0 Å². The topological polar surface area (TPSA) is 91.8 Å². The first-order valence-electron chi connectivity index (χ1n) is 8.90. The van der Waals surface area contributed by atoms with E-state index in [1.165, 1.54) is 0 Å². The Labute approximate surface area is 175 Å². The highest BCUT2D eigenvalue weighted by Gasteiger charge is 2.29. The number of hydrogen-bond acceptors (Lipinski definition) is 9. The van der Waals surface area contributed by atoms with Crippen LogP contribution < -0.4 is 4.74 Å². The van der Waals surface area contributed by atoms with Gasteiger partial charge in [0.25, 0.3) is 5.22 Å². The summed E-state index contributed by atoms with van der Waals surface area (Å²) in [6.45, 7) is 0.